The number of nitrogens with one attached hydrogen (secondary N) is 1. The molecule has 1 N–H and O–H groups in total. The first-order valence-electron chi connectivity index (χ1n) is 13.7. The molecule has 0 unspecified atom stereocenters. The fraction of sp³-hybridized carbons (Fsp3) is 0.400. The summed E-state index contributed by atoms with van der Waals surface area (Å²) in [5.74, 6) is 1.43. The Labute approximate surface area is 261 Å². The van der Waals surface area contributed by atoms with E-state index in [1.54, 1.807) is 37.0 Å². The third-order valence-electron chi connectivity index (χ3n) is 6.93. The molecular weight excluding hydrogens is 647 g/mol. The molecule has 228 valence electrons. The molecule has 3 aromatic rings. The van der Waals surface area contributed by atoms with Gasteiger partial charge in [-0.15, -0.1) is 0 Å². The number of hydrogen-bond acceptors (Lipinski definition) is 8. The van der Waals surface area contributed by atoms with Crippen molar-refractivity contribution >= 4 is 45.4 Å². The van der Waals surface area contributed by atoms with Crippen LogP contribution in [0.3, 0.4) is 0 Å². The molecule has 1 aliphatic heterocycles. The number of halogens is 4. The highest BCUT2D eigenvalue weighted by atomic mass is 79.9. The zero-order valence-electron chi connectivity index (χ0n) is 23.9. The van der Waals surface area contributed by atoms with Crippen molar-refractivity contribution in [1.82, 2.24) is 9.97 Å². The van der Waals surface area contributed by atoms with Crippen molar-refractivity contribution in [3.8, 4) is 11.8 Å². The van der Waals surface area contributed by atoms with Gasteiger partial charge in [0.1, 0.15) is 0 Å². The highest BCUT2D eigenvalue weighted by Crippen LogP contribution is 2.43. The second-order valence-electron chi connectivity index (χ2n) is 9.82. The fourth-order valence-electron chi connectivity index (χ4n) is 4.98. The predicted molar refractivity (Wildman–Crippen MR) is 164 cm³/mol. The Balaban J connectivity index is 1.74. The zero-order chi connectivity index (χ0) is 31.1. The Bertz CT molecular complexity index is 1500. The molecule has 0 spiro atoms. The van der Waals surface area contributed by atoms with Gasteiger partial charge in [0.2, 0.25) is 5.95 Å². The minimum absolute atomic E-state index is 0.138. The van der Waals surface area contributed by atoms with Crippen molar-refractivity contribution in [2.45, 2.75) is 51.4 Å². The second kappa shape index (κ2) is 14.3. The lowest BCUT2D eigenvalue weighted by molar-refractivity contribution is -0.137. The summed E-state index contributed by atoms with van der Waals surface area (Å²) in [5, 5.41) is 12.7. The molecule has 2 aromatic carbocycles. The number of amides is 1. The summed E-state index contributed by atoms with van der Waals surface area (Å²) in [6.45, 7) is 4.16. The van der Waals surface area contributed by atoms with Crippen molar-refractivity contribution < 1.29 is 27.4 Å². The zero-order valence-corrected chi connectivity index (χ0v) is 26.3. The van der Waals surface area contributed by atoms with E-state index in [0.717, 1.165) is 27.9 Å². The van der Waals surface area contributed by atoms with Gasteiger partial charge < -0.3 is 14.8 Å². The first-order valence-corrected chi connectivity index (χ1v) is 15.9. The van der Waals surface area contributed by atoms with Crippen molar-refractivity contribution in [3.63, 3.8) is 0 Å². The normalized spacial score (nSPS) is 16.3. The van der Waals surface area contributed by atoms with Gasteiger partial charge in [0.25, 0.3) is 0 Å². The lowest BCUT2D eigenvalue weighted by Crippen LogP contribution is -2.46. The van der Waals surface area contributed by atoms with Crippen LogP contribution in [-0.4, -0.2) is 47.3 Å². The van der Waals surface area contributed by atoms with E-state index < -0.39 is 23.9 Å². The third kappa shape index (κ3) is 7.92. The van der Waals surface area contributed by atoms with Crippen LogP contribution < -0.4 is 15.0 Å². The van der Waals surface area contributed by atoms with E-state index in [-0.39, 0.29) is 18.6 Å². The van der Waals surface area contributed by atoms with E-state index in [1.807, 2.05) is 19.2 Å². The van der Waals surface area contributed by atoms with Crippen molar-refractivity contribution in [2.24, 2.45) is 0 Å². The molecule has 1 aliphatic rings. The summed E-state index contributed by atoms with van der Waals surface area (Å²) in [6.07, 6.45) is -0.467. The molecular formula is C30H31BrF3N5O3S. The largest absolute Gasteiger partial charge is 0.489 e. The Hall–Kier alpha value is -3.50. The molecule has 2 heterocycles. The number of rotatable bonds is 10. The van der Waals surface area contributed by atoms with Crippen molar-refractivity contribution in [1.29, 1.82) is 5.26 Å². The van der Waals surface area contributed by atoms with Gasteiger partial charge in [-0.05, 0) is 73.5 Å². The molecule has 1 aromatic heterocycles. The van der Waals surface area contributed by atoms with E-state index in [9.17, 15) is 23.2 Å². The minimum Gasteiger partial charge on any atom is -0.489 e. The first-order chi connectivity index (χ1) is 20.6. The van der Waals surface area contributed by atoms with Crippen LogP contribution in [-0.2, 0) is 17.3 Å². The van der Waals surface area contributed by atoms with E-state index in [1.165, 1.54) is 11.0 Å². The number of nitrogens with zero attached hydrogens (tertiary/aromatic N) is 4. The summed E-state index contributed by atoms with van der Waals surface area (Å²) in [5.41, 5.74) is 1.68. The summed E-state index contributed by atoms with van der Waals surface area (Å²) in [4.78, 5) is 23.5. The molecule has 0 aliphatic carbocycles. The van der Waals surface area contributed by atoms with Crippen LogP contribution in [0.2, 0.25) is 0 Å². The second-order valence-corrected chi connectivity index (χ2v) is 11.7. The standard InChI is InChI=1S/C30H31BrF3N5O3S/c1-4-22-15-24(23-14-20(30(32,33)34)6-7-26(23)39(22)29(40)41-5-2)37-28-36-17-27(42-8-9-43-3)25(38-28)13-18-10-19(16-35)12-21(31)11-18/h6-7,10-12,14,17,22,24H,4-5,8-9,13,15H2,1-3H3,(H,36,37,38)/t22-,24+/m1/s1. The number of thioether (sulfide) groups is 1. The van der Waals surface area contributed by atoms with Gasteiger partial charge in [0, 0.05) is 22.7 Å². The van der Waals surface area contributed by atoms with Crippen molar-refractivity contribution in [3.05, 3.63) is 75.0 Å². The molecule has 8 nitrogen and oxygen atoms in total. The number of benzene rings is 2. The smallest absolute Gasteiger partial charge is 0.416 e. The number of alkyl halides is 3. The van der Waals surface area contributed by atoms with Crippen LogP contribution in [0.4, 0.5) is 29.6 Å². The molecule has 0 radical (unpaired) electrons. The highest BCUT2D eigenvalue weighted by Gasteiger charge is 2.39. The van der Waals surface area contributed by atoms with Crippen LogP contribution >= 0.6 is 27.7 Å². The summed E-state index contributed by atoms with van der Waals surface area (Å²) < 4.78 is 53.2. The van der Waals surface area contributed by atoms with Crippen molar-refractivity contribution in [2.75, 3.05) is 35.4 Å². The number of hydrogen-bond donors (Lipinski definition) is 1. The minimum atomic E-state index is -4.57. The van der Waals surface area contributed by atoms with Crippen LogP contribution in [0, 0.1) is 11.3 Å². The topological polar surface area (TPSA) is 100 Å². The van der Waals surface area contributed by atoms with E-state index in [4.69, 9.17) is 14.5 Å². The Morgan fingerprint density at radius 3 is 2.72 bits per heavy atom. The number of fused-ring (bicyclic) bond motifs is 1. The molecule has 0 saturated heterocycles. The Kier molecular flexibility index (Phi) is 10.8. The molecule has 4 rings (SSSR count). The van der Waals surface area contributed by atoms with Gasteiger partial charge in [-0.3, -0.25) is 4.90 Å². The van der Waals surface area contributed by atoms with Gasteiger partial charge in [-0.1, -0.05) is 22.9 Å². The Morgan fingerprint density at radius 2 is 2.05 bits per heavy atom. The summed E-state index contributed by atoms with van der Waals surface area (Å²) in [7, 11) is 0. The number of ether oxygens (including phenoxy) is 2. The first kappa shape index (κ1) is 32.4. The van der Waals surface area contributed by atoms with Crippen LogP contribution in [0.5, 0.6) is 5.75 Å². The Morgan fingerprint density at radius 1 is 1.26 bits per heavy atom. The van der Waals surface area contributed by atoms with Crippen LogP contribution in [0.1, 0.15) is 60.7 Å². The lowest BCUT2D eigenvalue weighted by Gasteiger charge is -2.40. The average molecular weight is 679 g/mol. The van der Waals surface area contributed by atoms with E-state index in [2.05, 4.69) is 32.3 Å². The maximum atomic E-state index is 13.8. The number of carbonyl (C=O) groups is 1. The molecule has 13 heteroatoms. The number of carbonyl (C=O) groups excluding carboxylic acids is 1. The average Bonchev–Trinajstić information content (AvgIpc) is 2.97. The quantitative estimate of drug-likeness (QED) is 0.217. The van der Waals surface area contributed by atoms with Gasteiger partial charge in [-0.2, -0.15) is 30.2 Å². The van der Waals surface area contributed by atoms with Gasteiger partial charge in [-0.25, -0.2) is 14.8 Å². The van der Waals surface area contributed by atoms with Crippen LogP contribution in [0.25, 0.3) is 0 Å². The highest BCUT2D eigenvalue weighted by molar-refractivity contribution is 9.10. The number of nitriles is 1. The summed E-state index contributed by atoms with van der Waals surface area (Å²) in [6, 6.07) is 9.91. The van der Waals surface area contributed by atoms with Gasteiger partial charge >= 0.3 is 12.3 Å². The van der Waals surface area contributed by atoms with Gasteiger partial charge in [0.05, 0.1) is 54.0 Å². The van der Waals surface area contributed by atoms with Gasteiger partial charge in [0.15, 0.2) is 5.75 Å². The molecule has 0 saturated carbocycles. The summed E-state index contributed by atoms with van der Waals surface area (Å²) >= 11 is 5.07. The predicted octanol–water partition coefficient (Wildman–Crippen LogP) is 7.76. The third-order valence-corrected chi connectivity index (χ3v) is 7.97. The number of aromatic nitrogens is 2. The maximum absolute atomic E-state index is 13.8. The lowest BCUT2D eigenvalue weighted by atomic mass is 9.89. The fourth-order valence-corrected chi connectivity index (χ4v) is 5.77. The SMILES string of the molecule is CCOC(=O)N1c2ccc(C(F)(F)F)cc2[C@@H](Nc2ncc(OCCSC)c(Cc3cc(Br)cc(C#N)c3)n2)C[C@H]1CC. The molecule has 43 heavy (non-hydrogen) atoms. The monoisotopic (exact) mass is 677 g/mol. The molecule has 2 atom stereocenters. The number of anilines is 2. The maximum Gasteiger partial charge on any atom is 0.416 e. The molecule has 1 amide bonds. The molecule has 0 fully saturated rings. The van der Waals surface area contributed by atoms with Crippen LogP contribution in [0.15, 0.2) is 47.1 Å². The molecule has 0 bridgehead atoms. The van der Waals surface area contributed by atoms with E-state index in [0.29, 0.717) is 54.1 Å². The van der Waals surface area contributed by atoms with E-state index >= 15 is 0 Å².